The predicted octanol–water partition coefficient (Wildman–Crippen LogP) is 7.84. The van der Waals surface area contributed by atoms with Gasteiger partial charge < -0.3 is 0 Å². The van der Waals surface area contributed by atoms with Crippen LogP contribution in [0.4, 0.5) is 0 Å². The van der Waals surface area contributed by atoms with Gasteiger partial charge in [-0.05, 0) is 0 Å². The summed E-state index contributed by atoms with van der Waals surface area (Å²) in [5.74, 6) is 1.84. The zero-order valence-electron chi connectivity index (χ0n) is 18.1. The standard InChI is InChI=1S/C28H29OPSe/c1-22(24-12-5-3-6-13-24)20-30(31,21-23(2)25-14-7-4-8-15-25)29-28-19-11-17-26-16-9-10-18-27(26)28/h3-19,22-23H,20-21H2,1-2H3. The fraction of sp³-hybridized carbons (Fsp3) is 0.214. The van der Waals surface area contributed by atoms with Crippen LogP contribution in [-0.2, 0) is 0 Å². The molecule has 0 bridgehead atoms. The topological polar surface area (TPSA) is 9.23 Å². The van der Waals surface area contributed by atoms with E-state index in [9.17, 15) is 0 Å². The summed E-state index contributed by atoms with van der Waals surface area (Å²) in [6, 6.07) is 36.5. The molecule has 0 aliphatic rings. The molecule has 1 nitrogen and oxygen atoms in total. The maximum atomic E-state index is 6.96. The normalized spacial score (nSPS) is 15.2. The predicted molar refractivity (Wildman–Crippen MR) is 137 cm³/mol. The summed E-state index contributed by atoms with van der Waals surface area (Å²) in [4.78, 5) is 0. The van der Waals surface area contributed by atoms with E-state index in [2.05, 4.69) is 132 Å². The van der Waals surface area contributed by atoms with Crippen LogP contribution < -0.4 is 4.52 Å². The van der Waals surface area contributed by atoms with Crippen LogP contribution in [0.15, 0.2) is 103 Å². The molecule has 2 unspecified atom stereocenters. The number of fused-ring (bicyclic) bond motifs is 1. The summed E-state index contributed by atoms with van der Waals surface area (Å²) in [5.41, 5.74) is 0.879. The van der Waals surface area contributed by atoms with E-state index < -0.39 is 5.74 Å². The summed E-state index contributed by atoms with van der Waals surface area (Å²) in [6.45, 7) is 4.64. The number of hydrogen-bond donors (Lipinski definition) is 0. The van der Waals surface area contributed by atoms with Crippen molar-refractivity contribution < 1.29 is 4.52 Å². The van der Waals surface area contributed by atoms with E-state index in [-0.39, 0.29) is 0 Å². The van der Waals surface area contributed by atoms with Gasteiger partial charge in [-0.1, -0.05) is 0 Å². The molecule has 4 aromatic rings. The van der Waals surface area contributed by atoms with E-state index in [1.165, 1.54) is 21.9 Å². The average molecular weight is 491 g/mol. The third-order valence-electron chi connectivity index (χ3n) is 5.86. The van der Waals surface area contributed by atoms with Crippen molar-refractivity contribution in [1.82, 2.24) is 0 Å². The first-order valence-corrected chi connectivity index (χ1v) is 15.2. The van der Waals surface area contributed by atoms with Crippen LogP contribution in [0.5, 0.6) is 5.75 Å². The van der Waals surface area contributed by atoms with E-state index in [4.69, 9.17) is 4.52 Å². The fourth-order valence-corrected chi connectivity index (χ4v) is 10.4. The molecule has 4 rings (SSSR count). The summed E-state index contributed by atoms with van der Waals surface area (Å²) in [6.07, 6.45) is 2.02. The van der Waals surface area contributed by atoms with Crippen LogP contribution in [0.1, 0.15) is 36.8 Å². The Morgan fingerprint density at radius 2 is 1.13 bits per heavy atom. The van der Waals surface area contributed by atoms with Crippen LogP contribution in [0.25, 0.3) is 10.8 Å². The first-order valence-electron chi connectivity index (χ1n) is 10.9. The Bertz CT molecular complexity index is 1120. The third kappa shape index (κ3) is 5.58. The van der Waals surface area contributed by atoms with Crippen molar-refractivity contribution in [3.8, 4) is 5.75 Å². The number of hydrogen-bond acceptors (Lipinski definition) is 1. The Balaban J connectivity index is 1.66. The van der Waals surface area contributed by atoms with Crippen LogP contribution in [-0.4, -0.2) is 27.4 Å². The van der Waals surface area contributed by atoms with E-state index in [1.54, 1.807) is 0 Å². The molecule has 0 saturated heterocycles. The Morgan fingerprint density at radius 1 is 0.645 bits per heavy atom. The SMILES string of the molecule is CC(CP(=[Se])(CC(C)c1ccccc1)Oc1cccc2ccccc12)c1ccccc1. The zero-order chi connectivity index (χ0) is 21.7. The summed E-state index contributed by atoms with van der Waals surface area (Å²) in [5, 5.41) is 2.41. The quantitative estimate of drug-likeness (QED) is 0.180. The van der Waals surface area contributed by atoms with Gasteiger partial charge in [-0.2, -0.15) is 0 Å². The van der Waals surface area contributed by atoms with Gasteiger partial charge in [0.25, 0.3) is 0 Å². The van der Waals surface area contributed by atoms with Crippen molar-refractivity contribution in [2.75, 3.05) is 12.3 Å². The van der Waals surface area contributed by atoms with Gasteiger partial charge in [0.15, 0.2) is 0 Å². The molecular weight excluding hydrogens is 462 g/mol. The fourth-order valence-electron chi connectivity index (χ4n) is 4.21. The Hall–Kier alpha value is -2.11. The zero-order valence-corrected chi connectivity index (χ0v) is 20.8. The Morgan fingerprint density at radius 3 is 1.71 bits per heavy atom. The monoisotopic (exact) mass is 492 g/mol. The van der Waals surface area contributed by atoms with Gasteiger partial charge in [-0.3, -0.25) is 0 Å². The summed E-state index contributed by atoms with van der Waals surface area (Å²) >= 11 is 3.59. The van der Waals surface area contributed by atoms with Crippen molar-refractivity contribution >= 4 is 31.6 Å². The molecule has 4 aromatic carbocycles. The van der Waals surface area contributed by atoms with E-state index >= 15 is 0 Å². The van der Waals surface area contributed by atoms with Crippen LogP contribution in [0, 0.1) is 0 Å². The summed E-state index contributed by atoms with van der Waals surface area (Å²) in [7, 11) is 0. The van der Waals surface area contributed by atoms with E-state index in [0.29, 0.717) is 11.8 Å². The molecule has 0 aliphatic heterocycles. The van der Waals surface area contributed by atoms with Crippen molar-refractivity contribution in [1.29, 1.82) is 0 Å². The minimum atomic E-state index is -1.86. The third-order valence-corrected chi connectivity index (χ3v) is 10.9. The first-order chi connectivity index (χ1) is 15.0. The molecule has 0 radical (unpaired) electrons. The molecule has 0 spiro atoms. The average Bonchev–Trinajstić information content (AvgIpc) is 2.80. The molecule has 3 heteroatoms. The van der Waals surface area contributed by atoms with Crippen LogP contribution >= 0.6 is 5.74 Å². The maximum absolute atomic E-state index is 6.96. The second-order valence-electron chi connectivity index (χ2n) is 8.37. The van der Waals surface area contributed by atoms with Gasteiger partial charge in [0, 0.05) is 0 Å². The number of rotatable bonds is 8. The minimum absolute atomic E-state index is 0.425. The molecular formula is C28H29OPSe. The molecule has 0 amide bonds. The first kappa shape index (κ1) is 22.1. The second kappa shape index (κ2) is 10.0. The van der Waals surface area contributed by atoms with Crippen LogP contribution in [0.2, 0.25) is 0 Å². The summed E-state index contributed by atoms with van der Waals surface area (Å²) < 4.78 is 6.96. The molecule has 0 saturated carbocycles. The van der Waals surface area contributed by atoms with Gasteiger partial charge in [-0.25, -0.2) is 0 Å². The van der Waals surface area contributed by atoms with Crippen molar-refractivity contribution in [2.45, 2.75) is 25.7 Å². The molecule has 158 valence electrons. The van der Waals surface area contributed by atoms with Crippen molar-refractivity contribution in [3.05, 3.63) is 114 Å². The number of benzene rings is 4. The molecule has 2 atom stereocenters. The van der Waals surface area contributed by atoms with Gasteiger partial charge in [0.2, 0.25) is 0 Å². The Labute approximate surface area is 193 Å². The van der Waals surface area contributed by atoms with Gasteiger partial charge >= 0.3 is 194 Å². The molecule has 0 N–H and O–H groups in total. The van der Waals surface area contributed by atoms with Crippen molar-refractivity contribution in [3.63, 3.8) is 0 Å². The van der Waals surface area contributed by atoms with E-state index in [0.717, 1.165) is 18.1 Å². The molecule has 31 heavy (non-hydrogen) atoms. The van der Waals surface area contributed by atoms with Gasteiger partial charge in [0.05, 0.1) is 0 Å². The van der Waals surface area contributed by atoms with Crippen LogP contribution in [0.3, 0.4) is 0 Å². The molecule has 0 aromatic heterocycles. The van der Waals surface area contributed by atoms with Crippen molar-refractivity contribution in [2.24, 2.45) is 0 Å². The Kier molecular flexibility index (Phi) is 7.13. The molecule has 0 aliphatic carbocycles. The molecule has 0 heterocycles. The van der Waals surface area contributed by atoms with Gasteiger partial charge in [0.1, 0.15) is 0 Å². The van der Waals surface area contributed by atoms with E-state index in [1.807, 2.05) is 0 Å². The van der Waals surface area contributed by atoms with Gasteiger partial charge in [-0.15, -0.1) is 0 Å². The molecule has 0 fully saturated rings. The second-order valence-corrected chi connectivity index (χ2v) is 15.1.